The number of carbonyl (C=O) groups is 2. The number of hydrogen-bond acceptors (Lipinski definition) is 5. The highest BCUT2D eigenvalue weighted by molar-refractivity contribution is 7.92. The van der Waals surface area contributed by atoms with Crippen LogP contribution >= 0.6 is 0 Å². The molecule has 1 amide bonds. The molecule has 0 saturated carbocycles. The van der Waals surface area contributed by atoms with E-state index in [-0.39, 0.29) is 16.4 Å². The molecule has 0 aliphatic rings. The van der Waals surface area contributed by atoms with Crippen LogP contribution in [0.25, 0.3) is 0 Å². The van der Waals surface area contributed by atoms with Crippen LogP contribution in [-0.2, 0) is 19.6 Å². The molecule has 0 radical (unpaired) electrons. The van der Waals surface area contributed by atoms with Crippen LogP contribution in [0.5, 0.6) is 0 Å². The van der Waals surface area contributed by atoms with Crippen molar-refractivity contribution in [3.8, 4) is 0 Å². The van der Waals surface area contributed by atoms with Gasteiger partial charge >= 0.3 is 5.97 Å². The second-order valence-electron chi connectivity index (χ2n) is 6.78. The second kappa shape index (κ2) is 10.1. The van der Waals surface area contributed by atoms with E-state index in [1.807, 2.05) is 6.92 Å². The van der Waals surface area contributed by atoms with Gasteiger partial charge < -0.3 is 9.64 Å². The highest BCUT2D eigenvalue weighted by Gasteiger charge is 2.23. The fraction of sp³-hybridized carbons (Fsp3) is 0.273. The third-order valence-electron chi connectivity index (χ3n) is 4.37. The molecule has 7 nitrogen and oxygen atoms in total. The van der Waals surface area contributed by atoms with E-state index in [9.17, 15) is 18.0 Å². The van der Waals surface area contributed by atoms with Gasteiger partial charge in [0.2, 0.25) is 0 Å². The largest absolute Gasteiger partial charge is 0.452 e. The molecule has 0 spiro atoms. The smallest absolute Gasteiger partial charge is 0.338 e. The van der Waals surface area contributed by atoms with Crippen LogP contribution in [0, 0.1) is 0 Å². The van der Waals surface area contributed by atoms with Crippen molar-refractivity contribution in [1.29, 1.82) is 0 Å². The van der Waals surface area contributed by atoms with E-state index in [2.05, 4.69) is 6.58 Å². The number of anilines is 1. The number of likely N-dealkylation sites (N-methyl/N-ethyl adjacent to an activating group) is 1. The summed E-state index contributed by atoms with van der Waals surface area (Å²) in [6, 6.07) is 14.2. The van der Waals surface area contributed by atoms with E-state index < -0.39 is 22.6 Å². The van der Waals surface area contributed by atoms with E-state index in [1.54, 1.807) is 37.3 Å². The zero-order valence-corrected chi connectivity index (χ0v) is 18.2. The number of ether oxygens (including phenoxy) is 1. The molecule has 0 N–H and O–H groups in total. The first kappa shape index (κ1) is 23.2. The first-order chi connectivity index (χ1) is 14.2. The summed E-state index contributed by atoms with van der Waals surface area (Å²) in [6.45, 7) is 7.81. The summed E-state index contributed by atoms with van der Waals surface area (Å²) >= 11 is 0. The Kier molecular flexibility index (Phi) is 7.77. The maximum Gasteiger partial charge on any atom is 0.338 e. The maximum absolute atomic E-state index is 12.9. The Morgan fingerprint density at radius 3 is 2.33 bits per heavy atom. The highest BCUT2D eigenvalue weighted by atomic mass is 32.2. The molecule has 0 bridgehead atoms. The molecule has 30 heavy (non-hydrogen) atoms. The van der Waals surface area contributed by atoms with Gasteiger partial charge in [-0.3, -0.25) is 9.10 Å². The third-order valence-corrected chi connectivity index (χ3v) is 6.15. The molecular weight excluding hydrogens is 404 g/mol. The fourth-order valence-electron chi connectivity index (χ4n) is 2.72. The summed E-state index contributed by atoms with van der Waals surface area (Å²) in [5.74, 6) is -1.12. The molecule has 160 valence electrons. The maximum atomic E-state index is 12.9. The Morgan fingerprint density at radius 2 is 1.73 bits per heavy atom. The van der Waals surface area contributed by atoms with Crippen molar-refractivity contribution in [2.45, 2.75) is 18.7 Å². The minimum atomic E-state index is -3.87. The molecule has 0 aromatic heterocycles. The standard InChI is InChI=1S/C22H26N2O5S/c1-5-24(15-17(2)3)21(25)16-29-22(26)18-10-9-13-20(14-18)30(27,28)23(4)19-11-7-6-8-12-19/h6-14H,2,5,15-16H2,1,3-4H3. The van der Waals surface area contributed by atoms with Crippen LogP contribution in [0.15, 0.2) is 71.6 Å². The van der Waals surface area contributed by atoms with Crippen LogP contribution in [0.2, 0.25) is 0 Å². The molecule has 2 aromatic rings. The van der Waals surface area contributed by atoms with Gasteiger partial charge in [0.25, 0.3) is 15.9 Å². The van der Waals surface area contributed by atoms with E-state index >= 15 is 0 Å². The van der Waals surface area contributed by atoms with Crippen molar-refractivity contribution in [2.75, 3.05) is 31.0 Å². The molecule has 8 heteroatoms. The third kappa shape index (κ3) is 5.70. The van der Waals surface area contributed by atoms with Gasteiger partial charge in [-0.15, -0.1) is 0 Å². The van der Waals surface area contributed by atoms with Crippen molar-refractivity contribution in [1.82, 2.24) is 4.90 Å². The summed E-state index contributed by atoms with van der Waals surface area (Å²) in [6.07, 6.45) is 0. The highest BCUT2D eigenvalue weighted by Crippen LogP contribution is 2.22. The second-order valence-corrected chi connectivity index (χ2v) is 8.75. The van der Waals surface area contributed by atoms with Crippen molar-refractivity contribution >= 4 is 27.6 Å². The summed E-state index contributed by atoms with van der Waals surface area (Å²) in [7, 11) is -2.43. The van der Waals surface area contributed by atoms with Gasteiger partial charge in [-0.1, -0.05) is 36.4 Å². The topological polar surface area (TPSA) is 84.0 Å². The summed E-state index contributed by atoms with van der Waals surface area (Å²) in [5, 5.41) is 0. The average molecular weight is 431 g/mol. The summed E-state index contributed by atoms with van der Waals surface area (Å²) in [5.41, 5.74) is 1.36. The van der Waals surface area contributed by atoms with E-state index in [4.69, 9.17) is 4.74 Å². The lowest BCUT2D eigenvalue weighted by atomic mass is 10.2. The van der Waals surface area contributed by atoms with E-state index in [0.717, 1.165) is 9.88 Å². The van der Waals surface area contributed by atoms with Gasteiger partial charge in [-0.05, 0) is 44.2 Å². The summed E-state index contributed by atoms with van der Waals surface area (Å²) < 4.78 is 32.1. The molecule has 0 fully saturated rings. The lowest BCUT2D eigenvalue weighted by Gasteiger charge is -2.21. The number of hydrogen-bond donors (Lipinski definition) is 0. The van der Waals surface area contributed by atoms with Gasteiger partial charge in [-0.2, -0.15) is 0 Å². The Balaban J connectivity index is 2.13. The Labute approximate surface area is 177 Å². The van der Waals surface area contributed by atoms with Crippen LogP contribution in [0.3, 0.4) is 0 Å². The van der Waals surface area contributed by atoms with Gasteiger partial charge in [-0.25, -0.2) is 13.2 Å². The average Bonchev–Trinajstić information content (AvgIpc) is 2.75. The lowest BCUT2D eigenvalue weighted by molar-refractivity contribution is -0.133. The predicted molar refractivity (Wildman–Crippen MR) is 116 cm³/mol. The van der Waals surface area contributed by atoms with Crippen molar-refractivity contribution < 1.29 is 22.7 Å². The number of sulfonamides is 1. The van der Waals surface area contributed by atoms with E-state index in [0.29, 0.717) is 18.8 Å². The number of rotatable bonds is 9. The Hall–Kier alpha value is -3.13. The molecule has 0 heterocycles. The first-order valence-electron chi connectivity index (χ1n) is 9.40. The Morgan fingerprint density at radius 1 is 1.07 bits per heavy atom. The van der Waals surface area contributed by atoms with E-state index in [1.165, 1.54) is 36.2 Å². The normalized spacial score (nSPS) is 10.9. The molecule has 2 rings (SSSR count). The monoisotopic (exact) mass is 430 g/mol. The number of amides is 1. The molecule has 2 aromatic carbocycles. The molecule has 0 aliphatic carbocycles. The molecule has 0 unspecified atom stereocenters. The summed E-state index contributed by atoms with van der Waals surface area (Å²) in [4.78, 5) is 26.1. The minimum absolute atomic E-state index is 0.0490. The van der Waals surface area contributed by atoms with Crippen molar-refractivity contribution in [3.63, 3.8) is 0 Å². The predicted octanol–water partition coefficient (Wildman–Crippen LogP) is 3.09. The van der Waals surface area contributed by atoms with Crippen molar-refractivity contribution in [2.24, 2.45) is 0 Å². The number of carbonyl (C=O) groups excluding carboxylic acids is 2. The van der Waals surface area contributed by atoms with Crippen molar-refractivity contribution in [3.05, 3.63) is 72.3 Å². The Bertz CT molecular complexity index is 1020. The van der Waals surface area contributed by atoms with Gasteiger partial charge in [0.1, 0.15) is 0 Å². The lowest BCUT2D eigenvalue weighted by Crippen LogP contribution is -2.35. The van der Waals surface area contributed by atoms with Crippen LogP contribution < -0.4 is 4.31 Å². The zero-order chi connectivity index (χ0) is 22.3. The molecule has 0 saturated heterocycles. The number of benzene rings is 2. The minimum Gasteiger partial charge on any atom is -0.452 e. The molecular formula is C22H26N2O5S. The zero-order valence-electron chi connectivity index (χ0n) is 17.4. The molecule has 0 atom stereocenters. The van der Waals surface area contributed by atoms with Crippen LogP contribution in [0.1, 0.15) is 24.2 Å². The number of nitrogens with zero attached hydrogens (tertiary/aromatic N) is 2. The number of esters is 1. The first-order valence-corrected chi connectivity index (χ1v) is 10.8. The van der Waals surface area contributed by atoms with Gasteiger partial charge in [0.15, 0.2) is 6.61 Å². The quantitative estimate of drug-likeness (QED) is 0.451. The SMILES string of the molecule is C=C(C)CN(CC)C(=O)COC(=O)c1cccc(S(=O)(=O)N(C)c2ccccc2)c1. The van der Waals surface area contributed by atoms with Gasteiger partial charge in [0.05, 0.1) is 16.1 Å². The number of para-hydroxylation sites is 1. The molecule has 0 aliphatic heterocycles. The van der Waals surface area contributed by atoms with Crippen LogP contribution in [0.4, 0.5) is 5.69 Å². The fourth-order valence-corrected chi connectivity index (χ4v) is 3.96. The van der Waals surface area contributed by atoms with Gasteiger partial charge in [0, 0.05) is 20.1 Å². The van der Waals surface area contributed by atoms with Crippen LogP contribution in [-0.4, -0.2) is 51.9 Å².